The van der Waals surface area contributed by atoms with E-state index in [1.54, 1.807) is 0 Å². The Hall–Kier alpha value is -1.21. The van der Waals surface area contributed by atoms with Gasteiger partial charge in [0.25, 0.3) is 0 Å². The summed E-state index contributed by atoms with van der Waals surface area (Å²) in [5.74, 6) is -0.589. The molecule has 6 nitrogen and oxygen atoms in total. The lowest BCUT2D eigenvalue weighted by Gasteiger charge is -2.27. The highest BCUT2D eigenvalue weighted by molar-refractivity contribution is 5.80. The van der Waals surface area contributed by atoms with E-state index in [0.717, 1.165) is 38.5 Å². The Morgan fingerprint density at radius 1 is 0.304 bits per heavy atom. The van der Waals surface area contributed by atoms with E-state index in [9.17, 15) is 25.2 Å². The van der Waals surface area contributed by atoms with Crippen LogP contribution in [0.1, 0.15) is 406 Å². The molecule has 0 heterocycles. The van der Waals surface area contributed by atoms with Gasteiger partial charge in [0.15, 0.2) is 0 Å². The van der Waals surface area contributed by atoms with Crippen molar-refractivity contribution in [3.63, 3.8) is 0 Å². The molecule has 79 heavy (non-hydrogen) atoms. The van der Waals surface area contributed by atoms with E-state index in [4.69, 9.17) is 0 Å². The summed E-state index contributed by atoms with van der Waals surface area (Å²) < 4.78 is 0. The third kappa shape index (κ3) is 61.2. The molecule has 0 aromatic heterocycles. The first-order valence-corrected chi connectivity index (χ1v) is 36.2. The minimum absolute atomic E-state index is 0.365. The van der Waals surface area contributed by atoms with E-state index >= 15 is 0 Å². The summed E-state index contributed by atoms with van der Waals surface area (Å²) in [5.41, 5.74) is 0. The lowest BCUT2D eigenvalue weighted by molar-refractivity contribution is -0.132. The predicted octanol–water partition coefficient (Wildman–Crippen LogP) is 22.5. The van der Waals surface area contributed by atoms with Crippen LogP contribution in [-0.4, -0.2) is 57.3 Å². The van der Waals surface area contributed by atoms with Crippen LogP contribution in [0.4, 0.5) is 0 Å². The van der Waals surface area contributed by atoms with E-state index in [0.29, 0.717) is 19.3 Å². The Bertz CT molecular complexity index is 1210. The van der Waals surface area contributed by atoms with Crippen molar-refractivity contribution in [2.24, 2.45) is 0 Å². The zero-order valence-corrected chi connectivity index (χ0v) is 53.7. The normalized spacial score (nSPS) is 13.5. The number of hydrogen-bond acceptors (Lipinski definition) is 5. The van der Waals surface area contributed by atoms with Gasteiger partial charge in [-0.25, -0.2) is 0 Å². The molecular weight excluding hydrogens is 971 g/mol. The van der Waals surface area contributed by atoms with Crippen LogP contribution in [0.25, 0.3) is 0 Å². The van der Waals surface area contributed by atoms with Gasteiger partial charge in [-0.05, 0) is 51.4 Å². The van der Waals surface area contributed by atoms with Crippen LogP contribution in [0.5, 0.6) is 0 Å². The average Bonchev–Trinajstić information content (AvgIpc) is 3.45. The SMILES string of the molecule is CCCCCCCCCCCCCCCCCCCCCCCC/C=C/CC/C=C/CCCC(O)C(O)C(CO)NC(=O)C(O)CCCCCCCCCCCCCCCCCCCCCCCCCCCCCCCCCC. The maximum atomic E-state index is 12.7. The molecule has 0 aliphatic rings. The van der Waals surface area contributed by atoms with Crippen LogP contribution in [0, 0.1) is 0 Å². The number of nitrogens with one attached hydrogen (secondary N) is 1. The second kappa shape index (κ2) is 67.6. The molecule has 5 N–H and O–H groups in total. The summed E-state index contributed by atoms with van der Waals surface area (Å²) in [4.78, 5) is 12.7. The summed E-state index contributed by atoms with van der Waals surface area (Å²) in [6.45, 7) is 4.10. The molecule has 0 bridgehead atoms. The van der Waals surface area contributed by atoms with Crippen molar-refractivity contribution in [1.82, 2.24) is 5.32 Å². The highest BCUT2D eigenvalue weighted by atomic mass is 16.3. The van der Waals surface area contributed by atoms with Gasteiger partial charge in [0.2, 0.25) is 5.91 Å². The monoisotopic (exact) mass is 1110 g/mol. The van der Waals surface area contributed by atoms with Gasteiger partial charge in [0, 0.05) is 0 Å². The van der Waals surface area contributed by atoms with Crippen molar-refractivity contribution in [2.45, 2.75) is 430 Å². The molecule has 1 amide bonds. The minimum Gasteiger partial charge on any atom is -0.394 e. The molecule has 0 rings (SSSR count). The summed E-state index contributed by atoms with van der Waals surface area (Å²) in [6.07, 6.45) is 86.1. The molecule has 6 heteroatoms. The number of rotatable bonds is 68. The maximum absolute atomic E-state index is 12.7. The Morgan fingerprint density at radius 2 is 0.532 bits per heavy atom. The lowest BCUT2D eigenvalue weighted by Crippen LogP contribution is -2.53. The molecule has 0 aliphatic carbocycles. The van der Waals surface area contributed by atoms with Gasteiger partial charge in [-0.15, -0.1) is 0 Å². The van der Waals surface area contributed by atoms with Crippen molar-refractivity contribution in [1.29, 1.82) is 0 Å². The first-order valence-electron chi connectivity index (χ1n) is 36.2. The highest BCUT2D eigenvalue weighted by Gasteiger charge is 2.28. The van der Waals surface area contributed by atoms with Crippen LogP contribution in [-0.2, 0) is 4.79 Å². The van der Waals surface area contributed by atoms with Crippen molar-refractivity contribution >= 4 is 5.91 Å². The fourth-order valence-corrected chi connectivity index (χ4v) is 11.8. The number of aliphatic hydroxyl groups excluding tert-OH is 4. The molecule has 4 atom stereocenters. The van der Waals surface area contributed by atoms with Gasteiger partial charge in [0.05, 0.1) is 18.8 Å². The molecule has 470 valence electrons. The first-order chi connectivity index (χ1) is 39.0. The number of carbonyl (C=O) groups excluding carboxylic acids is 1. The van der Waals surface area contributed by atoms with Crippen LogP contribution in [0.15, 0.2) is 24.3 Å². The number of unbranched alkanes of at least 4 members (excludes halogenated alkanes) is 55. The summed E-state index contributed by atoms with van der Waals surface area (Å²) >= 11 is 0. The lowest BCUT2D eigenvalue weighted by atomic mass is 10.00. The van der Waals surface area contributed by atoms with Crippen LogP contribution in [0.2, 0.25) is 0 Å². The van der Waals surface area contributed by atoms with E-state index < -0.39 is 36.9 Å². The second-order valence-electron chi connectivity index (χ2n) is 25.3. The molecule has 0 saturated heterocycles. The summed E-state index contributed by atoms with van der Waals surface area (Å²) in [5, 5.41) is 44.2. The molecule has 0 spiro atoms. The van der Waals surface area contributed by atoms with E-state index in [1.807, 2.05) is 0 Å². The quantitative estimate of drug-likeness (QED) is 0.0308. The number of carbonyl (C=O) groups is 1. The smallest absolute Gasteiger partial charge is 0.249 e. The fraction of sp³-hybridized carbons (Fsp3) is 0.932. The van der Waals surface area contributed by atoms with Gasteiger partial charge in [0.1, 0.15) is 12.2 Å². The second-order valence-corrected chi connectivity index (χ2v) is 25.3. The summed E-state index contributed by atoms with van der Waals surface area (Å²) in [7, 11) is 0. The topological polar surface area (TPSA) is 110 Å². The summed E-state index contributed by atoms with van der Waals surface area (Å²) in [6, 6.07) is -1.01. The molecule has 0 aliphatic heterocycles. The highest BCUT2D eigenvalue weighted by Crippen LogP contribution is 2.20. The van der Waals surface area contributed by atoms with Gasteiger partial charge in [-0.3, -0.25) is 4.79 Å². The average molecular weight is 1110 g/mol. The zero-order valence-electron chi connectivity index (χ0n) is 53.7. The van der Waals surface area contributed by atoms with Gasteiger partial charge in [-0.1, -0.05) is 378 Å². The van der Waals surface area contributed by atoms with Gasteiger partial charge < -0.3 is 25.7 Å². The van der Waals surface area contributed by atoms with Gasteiger partial charge in [-0.2, -0.15) is 0 Å². The molecule has 0 aromatic carbocycles. The Morgan fingerprint density at radius 3 is 0.797 bits per heavy atom. The third-order valence-electron chi connectivity index (χ3n) is 17.4. The van der Waals surface area contributed by atoms with Gasteiger partial charge >= 0.3 is 0 Å². The molecule has 0 radical (unpaired) electrons. The Kier molecular flexibility index (Phi) is 66.5. The Labute approximate surface area is 495 Å². The number of amides is 1. The third-order valence-corrected chi connectivity index (χ3v) is 17.4. The van der Waals surface area contributed by atoms with E-state index in [1.165, 1.54) is 334 Å². The van der Waals surface area contributed by atoms with E-state index in [-0.39, 0.29) is 0 Å². The van der Waals surface area contributed by atoms with E-state index in [2.05, 4.69) is 43.5 Å². The standard InChI is InChI=1S/C73H143NO5/c1-3-5-7-9-11-13-15-17-19-21-23-25-27-29-31-33-35-37-39-41-43-45-47-49-51-53-55-57-59-61-63-65-67-71(77)73(79)74-69(68-75)72(78)70(76)66-64-62-60-58-56-54-52-50-48-46-44-42-40-38-36-34-32-30-28-26-24-22-20-18-16-14-12-10-8-6-4-2/h50,52,58,60,69-72,75-78H,3-49,51,53-57,59,61-68H2,1-2H3,(H,74,79)/b52-50+,60-58+. The van der Waals surface area contributed by atoms with Crippen molar-refractivity contribution in [3.05, 3.63) is 24.3 Å². The van der Waals surface area contributed by atoms with Crippen molar-refractivity contribution in [3.8, 4) is 0 Å². The molecular formula is C73H143NO5. The molecule has 4 unspecified atom stereocenters. The van der Waals surface area contributed by atoms with Crippen LogP contribution in [0.3, 0.4) is 0 Å². The fourth-order valence-electron chi connectivity index (χ4n) is 11.8. The predicted molar refractivity (Wildman–Crippen MR) is 348 cm³/mol. The number of allylic oxidation sites excluding steroid dienone is 4. The number of hydrogen-bond donors (Lipinski definition) is 5. The molecule has 0 fully saturated rings. The minimum atomic E-state index is -1.29. The molecule has 0 saturated carbocycles. The van der Waals surface area contributed by atoms with Crippen LogP contribution >= 0.6 is 0 Å². The van der Waals surface area contributed by atoms with Crippen LogP contribution < -0.4 is 5.32 Å². The first kappa shape index (κ1) is 77.8. The van der Waals surface area contributed by atoms with Crippen molar-refractivity contribution < 1.29 is 25.2 Å². The Balaban J connectivity index is 3.56. The molecule has 0 aromatic rings. The number of aliphatic hydroxyl groups is 4. The zero-order chi connectivity index (χ0) is 57.3. The van der Waals surface area contributed by atoms with Crippen molar-refractivity contribution in [2.75, 3.05) is 6.61 Å². The maximum Gasteiger partial charge on any atom is 0.249 e. The largest absolute Gasteiger partial charge is 0.394 e.